The van der Waals surface area contributed by atoms with Crippen molar-refractivity contribution >= 4 is 11.9 Å². The van der Waals surface area contributed by atoms with Crippen molar-refractivity contribution in [2.45, 2.75) is 89.6 Å². The molecular weight excluding hydrogens is 552 g/mol. The van der Waals surface area contributed by atoms with Crippen LogP contribution in [-0.4, -0.2) is 46.6 Å². The Kier molecular flexibility index (Phi) is 6.60. The molecule has 0 bridgehead atoms. The fourth-order valence-electron chi connectivity index (χ4n) is 8.55. The molecule has 43 heavy (non-hydrogen) atoms. The second kappa shape index (κ2) is 9.92. The van der Waals surface area contributed by atoms with Crippen molar-refractivity contribution in [1.29, 1.82) is 0 Å². The van der Waals surface area contributed by atoms with Crippen LogP contribution in [0.15, 0.2) is 45.6 Å². The number of carbonyl (C=O) groups excluding carboxylic acids is 2. The van der Waals surface area contributed by atoms with E-state index in [-0.39, 0.29) is 54.0 Å². The highest BCUT2D eigenvalue weighted by atomic mass is 16.6. The average Bonchev–Trinajstić information content (AvgIpc) is 3.88. The molecule has 8 atom stereocenters. The lowest BCUT2D eigenvalue weighted by molar-refractivity contribution is -0.267. The molecule has 0 radical (unpaired) electrons. The fraction of sp³-hybridized carbons (Fsp3) is 0.618. The average molecular weight is 593 g/mol. The maximum atomic E-state index is 13.4. The maximum absolute atomic E-state index is 13.4. The van der Waals surface area contributed by atoms with E-state index in [1.807, 2.05) is 37.3 Å². The molecule has 5 aliphatic rings. The summed E-state index contributed by atoms with van der Waals surface area (Å²) in [4.78, 5) is 39.0. The van der Waals surface area contributed by atoms with Gasteiger partial charge in [0.2, 0.25) is 0 Å². The van der Waals surface area contributed by atoms with Gasteiger partial charge in [-0.3, -0.25) is 9.59 Å². The molecule has 9 nitrogen and oxygen atoms in total. The monoisotopic (exact) mass is 592 g/mol. The summed E-state index contributed by atoms with van der Waals surface area (Å²) in [5.41, 5.74) is -2.66. The number of aliphatic hydroxyl groups is 2. The van der Waals surface area contributed by atoms with Gasteiger partial charge in [0, 0.05) is 23.0 Å². The topological polar surface area (TPSA) is 132 Å². The molecular formula is C34H40O9. The van der Waals surface area contributed by atoms with E-state index < -0.39 is 46.3 Å². The molecule has 4 saturated carbocycles. The van der Waals surface area contributed by atoms with Crippen molar-refractivity contribution in [2.75, 3.05) is 6.61 Å². The first kappa shape index (κ1) is 28.6. The number of hydrogen-bond acceptors (Lipinski definition) is 9. The van der Waals surface area contributed by atoms with E-state index in [0.717, 1.165) is 25.7 Å². The largest absolute Gasteiger partial charge is 0.484 e. The molecule has 230 valence electrons. The van der Waals surface area contributed by atoms with E-state index in [2.05, 4.69) is 6.92 Å². The van der Waals surface area contributed by atoms with Crippen LogP contribution in [0.2, 0.25) is 0 Å². The molecule has 1 aliphatic heterocycles. The predicted molar refractivity (Wildman–Crippen MR) is 154 cm³/mol. The van der Waals surface area contributed by atoms with E-state index in [1.54, 1.807) is 13.0 Å². The van der Waals surface area contributed by atoms with Crippen LogP contribution in [0.3, 0.4) is 0 Å². The molecule has 1 aromatic heterocycles. The van der Waals surface area contributed by atoms with Gasteiger partial charge >= 0.3 is 17.6 Å². The summed E-state index contributed by atoms with van der Waals surface area (Å²) in [6.45, 7) is 5.87. The summed E-state index contributed by atoms with van der Waals surface area (Å²) in [6.07, 6.45) is 1.77. The summed E-state index contributed by atoms with van der Waals surface area (Å²) in [7, 11) is 0. The van der Waals surface area contributed by atoms with Crippen molar-refractivity contribution in [3.8, 4) is 17.1 Å². The number of benzene rings is 1. The maximum Gasteiger partial charge on any atom is 0.345 e. The van der Waals surface area contributed by atoms with Crippen LogP contribution in [-0.2, 0) is 19.1 Å². The third kappa shape index (κ3) is 4.53. The summed E-state index contributed by atoms with van der Waals surface area (Å²) in [5, 5.41) is 23.9. The minimum atomic E-state index is -1.28. The van der Waals surface area contributed by atoms with Gasteiger partial charge in [-0.15, -0.1) is 0 Å². The molecule has 1 aromatic carbocycles. The number of fused-ring (bicyclic) bond motifs is 4. The van der Waals surface area contributed by atoms with E-state index in [0.29, 0.717) is 24.2 Å². The Morgan fingerprint density at radius 2 is 1.65 bits per heavy atom. The van der Waals surface area contributed by atoms with Crippen molar-refractivity contribution in [3.05, 3.63) is 52.4 Å². The van der Waals surface area contributed by atoms with Gasteiger partial charge < -0.3 is 28.8 Å². The molecule has 0 saturated heterocycles. The highest BCUT2D eigenvalue weighted by Gasteiger charge is 2.70. The second-order valence-electron chi connectivity index (χ2n) is 14.2. The molecule has 2 aromatic rings. The molecule has 9 heteroatoms. The normalized spacial score (nSPS) is 38.1. The van der Waals surface area contributed by atoms with Crippen LogP contribution >= 0.6 is 0 Å². The summed E-state index contributed by atoms with van der Waals surface area (Å²) < 4.78 is 24.2. The molecule has 2 heterocycles. The lowest BCUT2D eigenvalue weighted by atomic mass is 9.42. The molecule has 7 rings (SSSR count). The smallest absolute Gasteiger partial charge is 0.345 e. The van der Waals surface area contributed by atoms with Crippen molar-refractivity contribution in [2.24, 2.45) is 34.5 Å². The number of hydrogen-bond donors (Lipinski definition) is 2. The Hall–Kier alpha value is -3.17. The zero-order valence-electron chi connectivity index (χ0n) is 24.9. The first-order valence-electron chi connectivity index (χ1n) is 15.6. The summed E-state index contributed by atoms with van der Waals surface area (Å²) in [5.74, 6) is -1.13. The summed E-state index contributed by atoms with van der Waals surface area (Å²) >= 11 is 0. The Labute approximate surface area is 250 Å². The molecule has 0 spiro atoms. The number of carbonyl (C=O) groups is 2. The zero-order valence-corrected chi connectivity index (χ0v) is 24.9. The van der Waals surface area contributed by atoms with Crippen LogP contribution in [0.1, 0.15) is 77.4 Å². The van der Waals surface area contributed by atoms with Crippen LogP contribution in [0.5, 0.6) is 5.75 Å². The molecule has 4 aliphatic carbocycles. The summed E-state index contributed by atoms with van der Waals surface area (Å²) in [6, 6.07) is 10.8. The van der Waals surface area contributed by atoms with Crippen molar-refractivity contribution in [1.82, 2.24) is 0 Å². The quantitative estimate of drug-likeness (QED) is 0.463. The van der Waals surface area contributed by atoms with Crippen LogP contribution in [0.25, 0.3) is 11.3 Å². The number of rotatable bonds is 6. The van der Waals surface area contributed by atoms with Gasteiger partial charge in [-0.1, -0.05) is 44.2 Å². The van der Waals surface area contributed by atoms with Gasteiger partial charge in [0.15, 0.2) is 0 Å². The number of ether oxygens (including phenoxy) is 3. The van der Waals surface area contributed by atoms with Gasteiger partial charge in [0.05, 0.1) is 24.0 Å². The van der Waals surface area contributed by atoms with Gasteiger partial charge in [-0.05, 0) is 63.2 Å². The van der Waals surface area contributed by atoms with Crippen LogP contribution in [0.4, 0.5) is 0 Å². The highest BCUT2D eigenvalue weighted by Crippen LogP contribution is 2.67. The molecule has 0 amide bonds. The van der Waals surface area contributed by atoms with Gasteiger partial charge in [0.25, 0.3) is 0 Å². The van der Waals surface area contributed by atoms with E-state index in [4.69, 9.17) is 18.6 Å². The molecule has 4 fully saturated rings. The lowest BCUT2D eigenvalue weighted by Crippen LogP contribution is -2.71. The lowest BCUT2D eigenvalue weighted by Gasteiger charge is -2.66. The van der Waals surface area contributed by atoms with E-state index in [1.165, 1.54) is 0 Å². The Bertz CT molecular complexity index is 1490. The van der Waals surface area contributed by atoms with Crippen LogP contribution in [0, 0.1) is 34.5 Å². The second-order valence-corrected chi connectivity index (χ2v) is 14.2. The van der Waals surface area contributed by atoms with E-state index >= 15 is 0 Å². The van der Waals surface area contributed by atoms with Gasteiger partial charge in [-0.2, -0.15) is 0 Å². The first-order chi connectivity index (χ1) is 20.5. The number of aliphatic hydroxyl groups excluding tert-OH is 2. The minimum Gasteiger partial charge on any atom is -0.484 e. The van der Waals surface area contributed by atoms with Crippen LogP contribution < -0.4 is 10.4 Å². The molecule has 2 N–H and O–H groups in total. The zero-order chi connectivity index (χ0) is 30.3. The Morgan fingerprint density at radius 1 is 0.977 bits per heavy atom. The SMILES string of the molecule is C[C@]12CC[C@H](OC(=O)C3CC3)[C@@](C)(COC(=O)C3CC3)C1C[C@H](O)[C@@]1(C)Oc3cc(-c4ccccc4)oc(=O)c3[C@H](O)C21. The first-order valence-corrected chi connectivity index (χ1v) is 15.6. The minimum absolute atomic E-state index is 0.0392. The Morgan fingerprint density at radius 3 is 2.33 bits per heavy atom. The third-order valence-corrected chi connectivity index (χ3v) is 11.3. The van der Waals surface area contributed by atoms with E-state index in [9.17, 15) is 24.6 Å². The predicted octanol–water partition coefficient (Wildman–Crippen LogP) is 4.57. The highest BCUT2D eigenvalue weighted by molar-refractivity contribution is 5.75. The third-order valence-electron chi connectivity index (χ3n) is 11.3. The fourth-order valence-corrected chi connectivity index (χ4v) is 8.55. The Balaban J connectivity index is 1.27. The number of esters is 2. The molecule has 2 unspecified atom stereocenters. The van der Waals surface area contributed by atoms with Gasteiger partial charge in [-0.25, -0.2) is 4.79 Å². The van der Waals surface area contributed by atoms with Crippen molar-refractivity contribution in [3.63, 3.8) is 0 Å². The van der Waals surface area contributed by atoms with Gasteiger partial charge in [0.1, 0.15) is 35.4 Å². The van der Waals surface area contributed by atoms with Crippen molar-refractivity contribution < 1.29 is 38.4 Å². The standard InChI is InChI=1S/C34H40O9/c1-32-14-13-25(42-30(38)20-11-12-20)33(2,17-40-29(37)19-9-10-19)23(32)16-24(35)34(3)28(32)27(36)26-22(43-34)15-21(41-31(26)39)18-7-5-4-6-8-18/h4-8,15,19-20,23-25,27-28,35-36H,9-14,16-17H2,1-3H3/t23?,24-,25-,27-,28?,32-,33-,34+/m0/s1.